The summed E-state index contributed by atoms with van der Waals surface area (Å²) in [5.41, 5.74) is 4.09. The number of carbonyl (C=O) groups excluding carboxylic acids is 1. The summed E-state index contributed by atoms with van der Waals surface area (Å²) in [4.78, 5) is 15.0. The number of nitrogens with zero attached hydrogens (tertiary/aromatic N) is 1. The molecular weight excluding hydrogens is 322 g/mol. The van der Waals surface area contributed by atoms with Crippen molar-refractivity contribution in [2.75, 3.05) is 18.1 Å². The molecule has 0 saturated carbocycles. The summed E-state index contributed by atoms with van der Waals surface area (Å²) in [6.07, 6.45) is 1.72. The maximum atomic E-state index is 13.1. The molecule has 1 amide bonds. The van der Waals surface area contributed by atoms with Crippen molar-refractivity contribution in [2.45, 2.75) is 12.8 Å². The molecule has 0 fully saturated rings. The molecule has 3 aromatic rings. The monoisotopic (exact) mass is 343 g/mol. The summed E-state index contributed by atoms with van der Waals surface area (Å²) in [5.74, 6) is 0.656. The Morgan fingerprint density at radius 1 is 0.885 bits per heavy atom. The molecule has 0 aliphatic carbocycles. The third kappa shape index (κ3) is 3.33. The highest BCUT2D eigenvalue weighted by Crippen LogP contribution is 2.30. The van der Waals surface area contributed by atoms with Gasteiger partial charge >= 0.3 is 0 Å². The van der Waals surface area contributed by atoms with Gasteiger partial charge in [-0.05, 0) is 35.7 Å². The van der Waals surface area contributed by atoms with Gasteiger partial charge < -0.3 is 9.64 Å². The third-order valence-corrected chi connectivity index (χ3v) is 4.74. The van der Waals surface area contributed by atoms with Crippen LogP contribution in [0.5, 0.6) is 5.75 Å². The molecule has 0 spiro atoms. The molecule has 0 atom stereocenters. The minimum absolute atomic E-state index is 0.00487. The second-order valence-electron chi connectivity index (χ2n) is 6.42. The fraction of sp³-hybridized carbons (Fsp3) is 0.174. The fourth-order valence-electron chi connectivity index (χ4n) is 3.39. The van der Waals surface area contributed by atoms with Crippen LogP contribution in [0.2, 0.25) is 0 Å². The van der Waals surface area contributed by atoms with Crippen molar-refractivity contribution in [3.63, 3.8) is 0 Å². The quantitative estimate of drug-likeness (QED) is 0.682. The van der Waals surface area contributed by atoms with Crippen LogP contribution in [0.15, 0.2) is 78.9 Å². The lowest BCUT2D eigenvalue weighted by atomic mass is 10.1. The van der Waals surface area contributed by atoms with Gasteiger partial charge in [-0.1, -0.05) is 60.7 Å². The van der Waals surface area contributed by atoms with Gasteiger partial charge in [-0.2, -0.15) is 0 Å². The van der Waals surface area contributed by atoms with Gasteiger partial charge in [-0.25, -0.2) is 0 Å². The van der Waals surface area contributed by atoms with E-state index in [1.54, 1.807) is 0 Å². The molecule has 0 radical (unpaired) electrons. The Morgan fingerprint density at radius 2 is 1.62 bits per heavy atom. The first-order valence-electron chi connectivity index (χ1n) is 8.98. The molecule has 0 N–H and O–H groups in total. The second kappa shape index (κ2) is 7.44. The lowest BCUT2D eigenvalue weighted by Crippen LogP contribution is -2.29. The number of anilines is 1. The van der Waals surface area contributed by atoms with Crippen LogP contribution in [-0.2, 0) is 12.8 Å². The van der Waals surface area contributed by atoms with Crippen LogP contribution < -0.4 is 9.64 Å². The van der Waals surface area contributed by atoms with Gasteiger partial charge in [-0.15, -0.1) is 0 Å². The van der Waals surface area contributed by atoms with Gasteiger partial charge in [-0.3, -0.25) is 4.79 Å². The highest BCUT2D eigenvalue weighted by molar-refractivity contribution is 6.09. The van der Waals surface area contributed by atoms with Crippen LogP contribution in [0.25, 0.3) is 0 Å². The smallest absolute Gasteiger partial charge is 0.262 e. The van der Waals surface area contributed by atoms with Crippen molar-refractivity contribution in [3.05, 3.63) is 95.6 Å². The van der Waals surface area contributed by atoms with Crippen LogP contribution in [0.1, 0.15) is 21.5 Å². The molecule has 3 heteroatoms. The average Bonchev–Trinajstić information content (AvgIpc) is 3.13. The Hall–Kier alpha value is -3.07. The average molecular weight is 343 g/mol. The summed E-state index contributed by atoms with van der Waals surface area (Å²) in [6.45, 7) is 1.27. The lowest BCUT2D eigenvalue weighted by Gasteiger charge is -2.19. The van der Waals surface area contributed by atoms with Gasteiger partial charge in [0, 0.05) is 18.7 Å². The zero-order valence-corrected chi connectivity index (χ0v) is 14.6. The molecule has 3 nitrogen and oxygen atoms in total. The molecular formula is C23H21NO2. The van der Waals surface area contributed by atoms with Gasteiger partial charge in [0.25, 0.3) is 5.91 Å². The topological polar surface area (TPSA) is 29.5 Å². The summed E-state index contributed by atoms with van der Waals surface area (Å²) in [5, 5.41) is 0. The number of rotatable bonds is 5. The van der Waals surface area contributed by atoms with Crippen molar-refractivity contribution < 1.29 is 9.53 Å². The Labute approximate surface area is 153 Å². The number of benzene rings is 3. The first-order valence-corrected chi connectivity index (χ1v) is 8.98. The molecule has 4 rings (SSSR count). The number of carbonyl (C=O) groups is 1. The maximum absolute atomic E-state index is 13.1. The Balaban J connectivity index is 1.50. The van der Waals surface area contributed by atoms with Crippen molar-refractivity contribution in [3.8, 4) is 5.75 Å². The van der Waals surface area contributed by atoms with Gasteiger partial charge in [0.2, 0.25) is 0 Å². The van der Waals surface area contributed by atoms with Crippen LogP contribution in [0.3, 0.4) is 0 Å². The first kappa shape index (κ1) is 16.4. The summed E-state index contributed by atoms with van der Waals surface area (Å²) in [7, 11) is 0. The number of ether oxygens (including phenoxy) is 1. The van der Waals surface area contributed by atoms with Crippen molar-refractivity contribution in [1.82, 2.24) is 0 Å². The zero-order valence-electron chi connectivity index (χ0n) is 14.6. The molecule has 0 bridgehead atoms. The summed E-state index contributed by atoms with van der Waals surface area (Å²) in [6, 6.07) is 25.8. The van der Waals surface area contributed by atoms with E-state index < -0.39 is 0 Å². The van der Waals surface area contributed by atoms with E-state index in [0.717, 1.165) is 25.1 Å². The molecule has 3 aromatic carbocycles. The van der Waals surface area contributed by atoms with E-state index in [0.29, 0.717) is 17.9 Å². The predicted octanol–water partition coefficient (Wildman–Crippen LogP) is 4.51. The van der Waals surface area contributed by atoms with Crippen molar-refractivity contribution >= 4 is 11.6 Å². The van der Waals surface area contributed by atoms with Gasteiger partial charge in [0.15, 0.2) is 0 Å². The first-order chi connectivity index (χ1) is 12.8. The van der Waals surface area contributed by atoms with Crippen molar-refractivity contribution in [1.29, 1.82) is 0 Å². The minimum atomic E-state index is 0.00487. The van der Waals surface area contributed by atoms with Crippen LogP contribution in [-0.4, -0.2) is 19.1 Å². The largest absolute Gasteiger partial charge is 0.492 e. The zero-order chi connectivity index (χ0) is 17.8. The minimum Gasteiger partial charge on any atom is -0.492 e. The molecule has 0 saturated heterocycles. The van der Waals surface area contributed by atoms with Crippen LogP contribution in [0.4, 0.5) is 5.69 Å². The number of fused-ring (bicyclic) bond motifs is 1. The summed E-state index contributed by atoms with van der Waals surface area (Å²) < 4.78 is 5.96. The molecule has 1 aliphatic rings. The Kier molecular flexibility index (Phi) is 4.69. The normalized spacial score (nSPS) is 12.7. The van der Waals surface area contributed by atoms with E-state index in [9.17, 15) is 4.79 Å². The van der Waals surface area contributed by atoms with Crippen LogP contribution >= 0.6 is 0 Å². The van der Waals surface area contributed by atoms with E-state index in [4.69, 9.17) is 4.74 Å². The van der Waals surface area contributed by atoms with Gasteiger partial charge in [0.1, 0.15) is 5.75 Å². The molecule has 0 aromatic heterocycles. The third-order valence-electron chi connectivity index (χ3n) is 4.74. The standard InChI is InChI=1S/C23H21NO2/c25-23(24-16-14-19-10-4-6-12-21(19)24)20-11-5-7-13-22(20)26-17-15-18-8-2-1-3-9-18/h1-13H,14-17H2. The number of para-hydroxylation sites is 2. The van der Waals surface area contributed by atoms with E-state index in [-0.39, 0.29) is 5.91 Å². The number of hydrogen-bond acceptors (Lipinski definition) is 2. The molecule has 0 unspecified atom stereocenters. The molecule has 1 aliphatic heterocycles. The Morgan fingerprint density at radius 3 is 2.50 bits per heavy atom. The SMILES string of the molecule is O=C(c1ccccc1OCCc1ccccc1)N1CCc2ccccc21. The second-order valence-corrected chi connectivity index (χ2v) is 6.42. The lowest BCUT2D eigenvalue weighted by molar-refractivity contribution is 0.0985. The highest BCUT2D eigenvalue weighted by atomic mass is 16.5. The number of hydrogen-bond donors (Lipinski definition) is 0. The molecule has 130 valence electrons. The fourth-order valence-corrected chi connectivity index (χ4v) is 3.39. The maximum Gasteiger partial charge on any atom is 0.262 e. The molecule has 1 heterocycles. The summed E-state index contributed by atoms with van der Waals surface area (Å²) >= 11 is 0. The highest BCUT2D eigenvalue weighted by Gasteiger charge is 2.26. The number of amides is 1. The van der Waals surface area contributed by atoms with Crippen molar-refractivity contribution in [2.24, 2.45) is 0 Å². The van der Waals surface area contributed by atoms with E-state index in [1.807, 2.05) is 65.6 Å². The Bertz CT molecular complexity index is 905. The van der Waals surface area contributed by atoms with E-state index >= 15 is 0 Å². The van der Waals surface area contributed by atoms with Gasteiger partial charge in [0.05, 0.1) is 12.2 Å². The van der Waals surface area contributed by atoms with E-state index in [2.05, 4.69) is 18.2 Å². The molecule has 26 heavy (non-hydrogen) atoms. The van der Waals surface area contributed by atoms with Crippen LogP contribution in [0, 0.1) is 0 Å². The van der Waals surface area contributed by atoms with E-state index in [1.165, 1.54) is 11.1 Å². The predicted molar refractivity (Wildman–Crippen MR) is 104 cm³/mol.